The molecule has 0 spiro atoms. The fraction of sp³-hybridized carbons (Fsp3) is 0.400. The van der Waals surface area contributed by atoms with Crippen molar-refractivity contribution in [3.63, 3.8) is 0 Å². The van der Waals surface area contributed by atoms with Gasteiger partial charge in [0, 0.05) is 19.2 Å². The molecule has 1 aliphatic heterocycles. The second-order valence-electron chi connectivity index (χ2n) is 3.78. The third-order valence-corrected chi connectivity index (χ3v) is 2.75. The maximum absolute atomic E-state index is 10.7. The van der Waals surface area contributed by atoms with Gasteiger partial charge in [-0.05, 0) is 17.7 Å². The number of rotatable bonds is 3. The normalized spacial score (nSPS) is 17.6. The summed E-state index contributed by atoms with van der Waals surface area (Å²) in [6.45, 7) is 0.905. The number of nitro benzene ring substituents is 1. The first-order valence-corrected chi connectivity index (χ1v) is 4.83. The molecule has 86 valence electrons. The minimum atomic E-state index is -0.928. The molecule has 0 radical (unpaired) electrons. The van der Waals surface area contributed by atoms with Crippen molar-refractivity contribution in [3.8, 4) is 5.75 Å². The summed E-state index contributed by atoms with van der Waals surface area (Å²) in [5.74, 6) is 0.169. The highest BCUT2D eigenvalue weighted by atomic mass is 16.6. The van der Waals surface area contributed by atoms with E-state index in [4.69, 9.17) is 4.74 Å². The van der Waals surface area contributed by atoms with E-state index >= 15 is 0 Å². The zero-order chi connectivity index (χ0) is 11.8. The molecule has 2 N–H and O–H groups in total. The molecule has 0 aliphatic carbocycles. The number of ether oxygens (including phenoxy) is 1. The van der Waals surface area contributed by atoms with E-state index in [0.29, 0.717) is 18.7 Å². The summed E-state index contributed by atoms with van der Waals surface area (Å²) in [4.78, 5) is 10.2. The number of hydrogen-bond acceptors (Lipinski definition) is 5. The first-order chi connectivity index (χ1) is 7.57. The van der Waals surface area contributed by atoms with Crippen LogP contribution in [0, 0.1) is 10.1 Å². The van der Waals surface area contributed by atoms with Gasteiger partial charge in [0.1, 0.15) is 5.60 Å². The molecule has 1 fully saturated rings. The van der Waals surface area contributed by atoms with Crippen LogP contribution in [0.5, 0.6) is 5.75 Å². The van der Waals surface area contributed by atoms with Crippen LogP contribution in [-0.2, 0) is 5.60 Å². The van der Waals surface area contributed by atoms with Crippen LogP contribution >= 0.6 is 0 Å². The van der Waals surface area contributed by atoms with Gasteiger partial charge in [-0.15, -0.1) is 0 Å². The highest BCUT2D eigenvalue weighted by Crippen LogP contribution is 2.33. The van der Waals surface area contributed by atoms with Gasteiger partial charge in [-0.1, -0.05) is 0 Å². The Kier molecular flexibility index (Phi) is 2.53. The lowest BCUT2D eigenvalue weighted by molar-refractivity contribution is -0.385. The Labute approximate surface area is 92.0 Å². The Morgan fingerprint density at radius 3 is 2.69 bits per heavy atom. The van der Waals surface area contributed by atoms with E-state index in [1.54, 1.807) is 6.07 Å². The summed E-state index contributed by atoms with van der Waals surface area (Å²) in [7, 11) is 1.37. The third-order valence-electron chi connectivity index (χ3n) is 2.75. The van der Waals surface area contributed by atoms with Crippen LogP contribution in [0.1, 0.15) is 5.56 Å². The van der Waals surface area contributed by atoms with Crippen molar-refractivity contribution in [2.75, 3.05) is 20.2 Å². The topological polar surface area (TPSA) is 84.6 Å². The Bertz CT molecular complexity index is 429. The van der Waals surface area contributed by atoms with E-state index in [1.807, 2.05) is 0 Å². The van der Waals surface area contributed by atoms with E-state index < -0.39 is 10.5 Å². The van der Waals surface area contributed by atoms with Gasteiger partial charge in [0.25, 0.3) is 0 Å². The Morgan fingerprint density at radius 1 is 1.56 bits per heavy atom. The SMILES string of the molecule is COc1cc(C2(O)CNC2)ccc1[N+](=O)[O-]. The van der Waals surface area contributed by atoms with Crippen LogP contribution in [0.2, 0.25) is 0 Å². The molecule has 2 rings (SSSR count). The van der Waals surface area contributed by atoms with E-state index in [0.717, 1.165) is 0 Å². The molecule has 1 aliphatic rings. The Morgan fingerprint density at radius 2 is 2.25 bits per heavy atom. The number of nitrogens with one attached hydrogen (secondary N) is 1. The average Bonchev–Trinajstić information content (AvgIpc) is 2.24. The van der Waals surface area contributed by atoms with Gasteiger partial charge in [0.15, 0.2) is 5.75 Å². The summed E-state index contributed by atoms with van der Waals surface area (Å²) in [6.07, 6.45) is 0. The van der Waals surface area contributed by atoms with E-state index in [2.05, 4.69) is 5.32 Å². The minimum absolute atomic E-state index is 0.0952. The second-order valence-corrected chi connectivity index (χ2v) is 3.78. The summed E-state index contributed by atoms with van der Waals surface area (Å²) in [6, 6.07) is 4.42. The van der Waals surface area contributed by atoms with Gasteiger partial charge in [-0.2, -0.15) is 0 Å². The first-order valence-electron chi connectivity index (χ1n) is 4.83. The van der Waals surface area contributed by atoms with Crippen molar-refractivity contribution in [1.29, 1.82) is 0 Å². The van der Waals surface area contributed by atoms with Crippen LogP contribution in [0.4, 0.5) is 5.69 Å². The Hall–Kier alpha value is -1.66. The van der Waals surface area contributed by atoms with Crippen LogP contribution in [0.3, 0.4) is 0 Å². The predicted octanol–water partition coefficient (Wildman–Crippen LogP) is 0.394. The number of nitro groups is 1. The fourth-order valence-corrected chi connectivity index (χ4v) is 1.68. The van der Waals surface area contributed by atoms with Gasteiger partial charge in [0.2, 0.25) is 0 Å². The molecule has 6 nitrogen and oxygen atoms in total. The van der Waals surface area contributed by atoms with Gasteiger partial charge < -0.3 is 15.2 Å². The van der Waals surface area contributed by atoms with Gasteiger partial charge in [0.05, 0.1) is 12.0 Å². The molecule has 6 heteroatoms. The summed E-state index contributed by atoms with van der Waals surface area (Å²) < 4.78 is 4.94. The number of aliphatic hydroxyl groups is 1. The smallest absolute Gasteiger partial charge is 0.310 e. The van der Waals surface area contributed by atoms with Gasteiger partial charge >= 0.3 is 5.69 Å². The van der Waals surface area contributed by atoms with Crippen molar-refractivity contribution in [3.05, 3.63) is 33.9 Å². The number of β-amino-alcohol motifs (C(OH)–C–C–N with tert-alkyl or cyclic N) is 1. The third kappa shape index (κ3) is 1.62. The molecule has 1 aromatic carbocycles. The van der Waals surface area contributed by atoms with Crippen molar-refractivity contribution in [1.82, 2.24) is 5.32 Å². The largest absolute Gasteiger partial charge is 0.490 e. The van der Waals surface area contributed by atoms with Gasteiger partial charge in [-0.3, -0.25) is 10.1 Å². The molecule has 0 amide bonds. The lowest BCUT2D eigenvalue weighted by Gasteiger charge is -2.38. The number of hydrogen-bond donors (Lipinski definition) is 2. The summed E-state index contributed by atoms with van der Waals surface area (Å²) in [5, 5.41) is 23.7. The summed E-state index contributed by atoms with van der Waals surface area (Å²) in [5.41, 5.74) is -0.390. The fourth-order valence-electron chi connectivity index (χ4n) is 1.68. The lowest BCUT2D eigenvalue weighted by Crippen LogP contribution is -2.56. The first kappa shape index (κ1) is 10.8. The van der Waals surface area contributed by atoms with Crippen LogP contribution in [0.15, 0.2) is 18.2 Å². The molecule has 0 aromatic heterocycles. The maximum atomic E-state index is 10.7. The number of methoxy groups -OCH3 is 1. The zero-order valence-corrected chi connectivity index (χ0v) is 8.77. The van der Waals surface area contributed by atoms with E-state index in [9.17, 15) is 15.2 Å². The quantitative estimate of drug-likeness (QED) is 0.573. The highest BCUT2D eigenvalue weighted by Gasteiger charge is 2.37. The van der Waals surface area contributed by atoms with Crippen molar-refractivity contribution in [2.24, 2.45) is 0 Å². The van der Waals surface area contributed by atoms with Gasteiger partial charge in [-0.25, -0.2) is 0 Å². The zero-order valence-electron chi connectivity index (χ0n) is 8.77. The highest BCUT2D eigenvalue weighted by molar-refractivity contribution is 5.50. The molecule has 0 atom stereocenters. The lowest BCUT2D eigenvalue weighted by atomic mass is 9.88. The van der Waals surface area contributed by atoms with E-state index in [1.165, 1.54) is 19.2 Å². The molecule has 1 heterocycles. The second kappa shape index (κ2) is 3.73. The van der Waals surface area contributed by atoms with E-state index in [-0.39, 0.29) is 11.4 Å². The van der Waals surface area contributed by atoms with Crippen molar-refractivity contribution in [2.45, 2.75) is 5.60 Å². The maximum Gasteiger partial charge on any atom is 0.310 e. The summed E-state index contributed by atoms with van der Waals surface area (Å²) >= 11 is 0. The molecule has 0 saturated carbocycles. The minimum Gasteiger partial charge on any atom is -0.490 e. The van der Waals surface area contributed by atoms with Crippen molar-refractivity contribution < 1.29 is 14.8 Å². The standard InChI is InChI=1S/C10H12N2O4/c1-16-9-4-7(10(13)5-11-6-10)2-3-8(9)12(14)15/h2-4,11,13H,5-6H2,1H3. The monoisotopic (exact) mass is 224 g/mol. The molecular formula is C10H12N2O4. The number of nitrogens with zero attached hydrogens (tertiary/aromatic N) is 1. The van der Waals surface area contributed by atoms with Crippen LogP contribution in [-0.4, -0.2) is 30.2 Å². The van der Waals surface area contributed by atoms with Crippen LogP contribution in [0.25, 0.3) is 0 Å². The van der Waals surface area contributed by atoms with Crippen molar-refractivity contribution >= 4 is 5.69 Å². The molecule has 1 aromatic rings. The molecule has 16 heavy (non-hydrogen) atoms. The van der Waals surface area contributed by atoms with Crippen LogP contribution < -0.4 is 10.1 Å². The molecule has 0 bridgehead atoms. The Balaban J connectivity index is 2.40. The predicted molar refractivity (Wildman–Crippen MR) is 56.4 cm³/mol. The number of benzene rings is 1. The molecule has 0 unspecified atom stereocenters. The molecular weight excluding hydrogens is 212 g/mol. The average molecular weight is 224 g/mol. The molecule has 1 saturated heterocycles.